The SMILES string of the molecule is O=C1CCC(C(=O)OCc2cccc([N+](=O)[O-])c2)N1. The first-order valence-corrected chi connectivity index (χ1v) is 5.75. The molecule has 1 unspecified atom stereocenters. The standard InChI is InChI=1S/C12H12N2O5/c15-11-5-4-10(13-11)12(16)19-7-8-2-1-3-9(6-8)14(17)18/h1-3,6,10H,4-5,7H2,(H,13,15). The lowest BCUT2D eigenvalue weighted by atomic mass is 10.2. The van der Waals surface area contributed by atoms with Gasteiger partial charge in [-0.3, -0.25) is 14.9 Å². The van der Waals surface area contributed by atoms with Crippen LogP contribution in [0.3, 0.4) is 0 Å². The van der Waals surface area contributed by atoms with E-state index >= 15 is 0 Å². The number of benzene rings is 1. The highest BCUT2D eigenvalue weighted by atomic mass is 16.6. The molecule has 0 saturated carbocycles. The molecule has 100 valence electrons. The van der Waals surface area contributed by atoms with Gasteiger partial charge in [-0.2, -0.15) is 0 Å². The average molecular weight is 264 g/mol. The molecule has 1 aliphatic rings. The maximum Gasteiger partial charge on any atom is 0.328 e. The summed E-state index contributed by atoms with van der Waals surface area (Å²) in [4.78, 5) is 32.6. The van der Waals surface area contributed by atoms with Crippen LogP contribution >= 0.6 is 0 Å². The molecule has 0 radical (unpaired) electrons. The molecule has 19 heavy (non-hydrogen) atoms. The minimum absolute atomic E-state index is 0.0487. The number of carbonyl (C=O) groups excluding carboxylic acids is 2. The van der Waals surface area contributed by atoms with Crippen LogP contribution < -0.4 is 5.32 Å². The van der Waals surface area contributed by atoms with Crippen molar-refractivity contribution in [2.75, 3.05) is 0 Å². The quantitative estimate of drug-likeness (QED) is 0.495. The maximum atomic E-state index is 11.6. The van der Waals surface area contributed by atoms with Gasteiger partial charge in [-0.15, -0.1) is 0 Å². The summed E-state index contributed by atoms with van der Waals surface area (Å²) in [5.74, 6) is -0.686. The Morgan fingerprint density at radius 1 is 1.53 bits per heavy atom. The first-order valence-electron chi connectivity index (χ1n) is 5.75. The van der Waals surface area contributed by atoms with Gasteiger partial charge in [0.1, 0.15) is 12.6 Å². The summed E-state index contributed by atoms with van der Waals surface area (Å²) in [6.45, 7) is -0.0487. The first kappa shape index (κ1) is 13.0. The van der Waals surface area contributed by atoms with Crippen LogP contribution in [0.25, 0.3) is 0 Å². The van der Waals surface area contributed by atoms with Gasteiger partial charge in [0.25, 0.3) is 5.69 Å². The van der Waals surface area contributed by atoms with Gasteiger partial charge in [0, 0.05) is 18.6 Å². The number of nitro groups is 1. The molecule has 2 rings (SSSR count). The number of hydrogen-bond acceptors (Lipinski definition) is 5. The van der Waals surface area contributed by atoms with E-state index < -0.39 is 16.9 Å². The number of nitrogens with zero attached hydrogens (tertiary/aromatic N) is 1. The number of nitrogens with one attached hydrogen (secondary N) is 1. The lowest BCUT2D eigenvalue weighted by molar-refractivity contribution is -0.384. The Kier molecular flexibility index (Phi) is 3.74. The van der Waals surface area contributed by atoms with Crippen LogP contribution in [0.15, 0.2) is 24.3 Å². The molecule has 0 aromatic heterocycles. The molecule has 1 fully saturated rings. The van der Waals surface area contributed by atoms with E-state index in [4.69, 9.17) is 4.74 Å². The second-order valence-electron chi connectivity index (χ2n) is 4.19. The summed E-state index contributed by atoms with van der Waals surface area (Å²) in [6, 6.07) is 5.26. The van der Waals surface area contributed by atoms with Crippen LogP contribution in [0.1, 0.15) is 18.4 Å². The predicted molar refractivity (Wildman–Crippen MR) is 64.1 cm³/mol. The van der Waals surface area contributed by atoms with Gasteiger partial charge in [0.2, 0.25) is 5.91 Å². The molecule has 0 spiro atoms. The highest BCUT2D eigenvalue weighted by molar-refractivity contribution is 5.88. The molecule has 1 saturated heterocycles. The zero-order chi connectivity index (χ0) is 13.8. The summed E-state index contributed by atoms with van der Waals surface area (Å²) >= 11 is 0. The zero-order valence-corrected chi connectivity index (χ0v) is 10.00. The van der Waals surface area contributed by atoms with Crippen molar-refractivity contribution >= 4 is 17.6 Å². The molecule has 0 bridgehead atoms. The lowest BCUT2D eigenvalue weighted by Crippen LogP contribution is -2.34. The average Bonchev–Trinajstić information content (AvgIpc) is 2.83. The molecule has 1 atom stereocenters. The molecule has 1 aromatic rings. The topological polar surface area (TPSA) is 98.5 Å². The van der Waals surface area contributed by atoms with Crippen molar-refractivity contribution in [2.45, 2.75) is 25.5 Å². The van der Waals surface area contributed by atoms with E-state index in [0.29, 0.717) is 18.4 Å². The van der Waals surface area contributed by atoms with E-state index in [0.717, 1.165) is 0 Å². The molecular weight excluding hydrogens is 252 g/mol. The third-order valence-electron chi connectivity index (χ3n) is 2.78. The monoisotopic (exact) mass is 264 g/mol. The fraction of sp³-hybridized carbons (Fsp3) is 0.333. The van der Waals surface area contributed by atoms with Gasteiger partial charge >= 0.3 is 5.97 Å². The molecule has 1 amide bonds. The van der Waals surface area contributed by atoms with Gasteiger partial charge in [-0.25, -0.2) is 4.79 Å². The molecular formula is C12H12N2O5. The van der Waals surface area contributed by atoms with Crippen molar-refractivity contribution in [1.29, 1.82) is 0 Å². The van der Waals surface area contributed by atoms with Crippen LogP contribution in [-0.4, -0.2) is 22.8 Å². The molecule has 1 heterocycles. The van der Waals surface area contributed by atoms with E-state index in [1.165, 1.54) is 18.2 Å². The van der Waals surface area contributed by atoms with E-state index in [2.05, 4.69) is 5.32 Å². The fourth-order valence-corrected chi connectivity index (χ4v) is 1.81. The third kappa shape index (κ3) is 3.27. The van der Waals surface area contributed by atoms with E-state index in [1.807, 2.05) is 0 Å². The van der Waals surface area contributed by atoms with Crippen molar-refractivity contribution in [2.24, 2.45) is 0 Å². The van der Waals surface area contributed by atoms with Crippen LogP contribution in [0, 0.1) is 10.1 Å². The highest BCUT2D eigenvalue weighted by Crippen LogP contribution is 2.15. The largest absolute Gasteiger partial charge is 0.459 e. The number of non-ortho nitro benzene ring substituents is 1. The fourth-order valence-electron chi connectivity index (χ4n) is 1.81. The highest BCUT2D eigenvalue weighted by Gasteiger charge is 2.28. The Labute approximate surface area is 108 Å². The van der Waals surface area contributed by atoms with Gasteiger partial charge in [0.05, 0.1) is 4.92 Å². The van der Waals surface area contributed by atoms with Crippen molar-refractivity contribution in [3.63, 3.8) is 0 Å². The summed E-state index contributed by atoms with van der Waals surface area (Å²) in [5.41, 5.74) is 0.481. The number of rotatable bonds is 4. The number of esters is 1. The van der Waals surface area contributed by atoms with Crippen molar-refractivity contribution in [3.05, 3.63) is 39.9 Å². The molecule has 1 aromatic carbocycles. The Balaban J connectivity index is 1.91. The van der Waals surface area contributed by atoms with Gasteiger partial charge in [-0.05, 0) is 12.0 Å². The number of carbonyl (C=O) groups is 2. The second kappa shape index (κ2) is 5.47. The number of nitro benzene ring substituents is 1. The Hall–Kier alpha value is -2.44. The van der Waals surface area contributed by atoms with Gasteiger partial charge in [0.15, 0.2) is 0 Å². The van der Waals surface area contributed by atoms with E-state index in [1.54, 1.807) is 6.07 Å². The predicted octanol–water partition coefficient (Wildman–Crippen LogP) is 0.917. The number of hydrogen-bond donors (Lipinski definition) is 1. The summed E-state index contributed by atoms with van der Waals surface area (Å²) in [6.07, 6.45) is 0.739. The summed E-state index contributed by atoms with van der Waals surface area (Å²) in [5, 5.41) is 13.1. The lowest BCUT2D eigenvalue weighted by Gasteiger charge is -2.09. The van der Waals surface area contributed by atoms with Gasteiger partial charge in [-0.1, -0.05) is 12.1 Å². The number of ether oxygens (including phenoxy) is 1. The Morgan fingerprint density at radius 3 is 2.95 bits per heavy atom. The van der Waals surface area contributed by atoms with Gasteiger partial charge < -0.3 is 10.1 Å². The van der Waals surface area contributed by atoms with Crippen LogP contribution in [0.4, 0.5) is 5.69 Å². The Morgan fingerprint density at radius 2 is 2.32 bits per heavy atom. The normalized spacial score (nSPS) is 17.9. The van der Waals surface area contributed by atoms with E-state index in [9.17, 15) is 19.7 Å². The smallest absolute Gasteiger partial charge is 0.328 e. The number of amides is 1. The Bertz CT molecular complexity index is 529. The molecule has 7 nitrogen and oxygen atoms in total. The van der Waals surface area contributed by atoms with E-state index in [-0.39, 0.29) is 18.2 Å². The van der Waals surface area contributed by atoms with Crippen LogP contribution in [-0.2, 0) is 20.9 Å². The molecule has 1 aliphatic heterocycles. The summed E-state index contributed by atoms with van der Waals surface area (Å²) < 4.78 is 5.02. The van der Waals surface area contributed by atoms with Crippen LogP contribution in [0.2, 0.25) is 0 Å². The maximum absolute atomic E-state index is 11.6. The minimum Gasteiger partial charge on any atom is -0.459 e. The molecule has 0 aliphatic carbocycles. The van der Waals surface area contributed by atoms with Crippen LogP contribution in [0.5, 0.6) is 0 Å². The molecule has 1 N–H and O–H groups in total. The second-order valence-corrected chi connectivity index (χ2v) is 4.19. The van der Waals surface area contributed by atoms with Crippen molar-refractivity contribution < 1.29 is 19.2 Å². The third-order valence-corrected chi connectivity index (χ3v) is 2.78. The minimum atomic E-state index is -0.605. The van der Waals surface area contributed by atoms with Crippen molar-refractivity contribution in [1.82, 2.24) is 5.32 Å². The first-order chi connectivity index (χ1) is 9.06. The summed E-state index contributed by atoms with van der Waals surface area (Å²) in [7, 11) is 0. The zero-order valence-electron chi connectivity index (χ0n) is 10.00. The van der Waals surface area contributed by atoms with Crippen molar-refractivity contribution in [3.8, 4) is 0 Å². The molecule has 7 heteroatoms.